The van der Waals surface area contributed by atoms with Crippen LogP contribution in [0, 0.1) is 11.6 Å². The van der Waals surface area contributed by atoms with Gasteiger partial charge in [-0.05, 0) is 30.7 Å². The number of nitrogens with zero attached hydrogens (tertiary/aromatic N) is 4. The Morgan fingerprint density at radius 2 is 2.00 bits per heavy atom. The van der Waals surface area contributed by atoms with Gasteiger partial charge in [0.2, 0.25) is 0 Å². The molecule has 1 fully saturated rings. The number of para-hydroxylation sites is 1. The Hall–Kier alpha value is -3.03. The molecular formula is C17H15F2N5O. The van der Waals surface area contributed by atoms with Crippen LogP contribution in [-0.4, -0.2) is 39.6 Å². The molecule has 25 heavy (non-hydrogen) atoms. The SMILES string of the molecule is O=C(NC1CCN(c2c(F)cccc2F)C1)c1ccc2nncn2c1. The molecular weight excluding hydrogens is 328 g/mol. The summed E-state index contributed by atoms with van der Waals surface area (Å²) in [6.07, 6.45) is 3.78. The van der Waals surface area contributed by atoms with E-state index in [1.54, 1.807) is 27.6 Å². The summed E-state index contributed by atoms with van der Waals surface area (Å²) in [6.45, 7) is 0.839. The largest absolute Gasteiger partial charge is 0.365 e. The predicted molar refractivity (Wildman–Crippen MR) is 87.4 cm³/mol. The Kier molecular flexibility index (Phi) is 3.79. The molecule has 3 heterocycles. The molecule has 128 valence electrons. The summed E-state index contributed by atoms with van der Waals surface area (Å²) in [7, 11) is 0. The van der Waals surface area contributed by atoms with Crippen LogP contribution in [0.3, 0.4) is 0 Å². The van der Waals surface area contributed by atoms with Crippen molar-refractivity contribution >= 4 is 17.2 Å². The van der Waals surface area contributed by atoms with Crippen LogP contribution in [0.5, 0.6) is 0 Å². The Labute approximate surface area is 142 Å². The maximum absolute atomic E-state index is 13.9. The maximum atomic E-state index is 13.9. The molecule has 1 N–H and O–H groups in total. The average Bonchev–Trinajstić information content (AvgIpc) is 3.23. The van der Waals surface area contributed by atoms with E-state index in [9.17, 15) is 13.6 Å². The second kappa shape index (κ2) is 6.12. The molecule has 6 nitrogen and oxygen atoms in total. The first kappa shape index (κ1) is 15.5. The number of carbonyl (C=O) groups excluding carboxylic acids is 1. The van der Waals surface area contributed by atoms with Crippen LogP contribution >= 0.6 is 0 Å². The van der Waals surface area contributed by atoms with Gasteiger partial charge in [0.05, 0.1) is 5.56 Å². The van der Waals surface area contributed by atoms with E-state index in [-0.39, 0.29) is 17.6 Å². The molecule has 0 saturated carbocycles. The highest BCUT2D eigenvalue weighted by atomic mass is 19.1. The number of fused-ring (bicyclic) bond motifs is 1. The molecule has 2 aromatic heterocycles. The van der Waals surface area contributed by atoms with Gasteiger partial charge in [0, 0.05) is 25.3 Å². The molecule has 0 bridgehead atoms. The molecule has 4 rings (SSSR count). The van der Waals surface area contributed by atoms with E-state index in [4.69, 9.17) is 0 Å². The van der Waals surface area contributed by atoms with Crippen molar-refractivity contribution in [3.63, 3.8) is 0 Å². The zero-order valence-electron chi connectivity index (χ0n) is 13.2. The maximum Gasteiger partial charge on any atom is 0.253 e. The number of pyridine rings is 1. The van der Waals surface area contributed by atoms with Crippen molar-refractivity contribution in [3.05, 3.63) is 60.1 Å². The summed E-state index contributed by atoms with van der Waals surface area (Å²) >= 11 is 0. The Morgan fingerprint density at radius 1 is 1.20 bits per heavy atom. The zero-order valence-corrected chi connectivity index (χ0v) is 13.2. The Bertz CT molecular complexity index is 921. The van der Waals surface area contributed by atoms with E-state index in [0.29, 0.717) is 30.7 Å². The molecule has 8 heteroatoms. The van der Waals surface area contributed by atoms with Crippen molar-refractivity contribution in [1.82, 2.24) is 19.9 Å². The minimum Gasteiger partial charge on any atom is -0.365 e. The van der Waals surface area contributed by atoms with Gasteiger partial charge < -0.3 is 10.2 Å². The highest BCUT2D eigenvalue weighted by Gasteiger charge is 2.28. The van der Waals surface area contributed by atoms with Gasteiger partial charge in [0.25, 0.3) is 5.91 Å². The van der Waals surface area contributed by atoms with Crippen LogP contribution in [0.15, 0.2) is 42.9 Å². The minimum atomic E-state index is -0.593. The zero-order chi connectivity index (χ0) is 17.4. The van der Waals surface area contributed by atoms with Crippen LogP contribution in [-0.2, 0) is 0 Å². The van der Waals surface area contributed by atoms with Crippen molar-refractivity contribution in [2.45, 2.75) is 12.5 Å². The molecule has 0 radical (unpaired) electrons. The van der Waals surface area contributed by atoms with E-state index in [2.05, 4.69) is 15.5 Å². The number of anilines is 1. The number of rotatable bonds is 3. The van der Waals surface area contributed by atoms with Crippen LogP contribution in [0.1, 0.15) is 16.8 Å². The van der Waals surface area contributed by atoms with E-state index in [1.807, 2.05) is 0 Å². The fourth-order valence-electron chi connectivity index (χ4n) is 3.10. The third-order valence-electron chi connectivity index (χ3n) is 4.33. The number of hydrogen-bond donors (Lipinski definition) is 1. The molecule has 0 aliphatic carbocycles. The molecule has 1 amide bonds. The lowest BCUT2D eigenvalue weighted by Crippen LogP contribution is -2.37. The van der Waals surface area contributed by atoms with Gasteiger partial charge in [-0.3, -0.25) is 9.20 Å². The first-order valence-electron chi connectivity index (χ1n) is 7.91. The number of aromatic nitrogens is 3. The summed E-state index contributed by atoms with van der Waals surface area (Å²) in [5.41, 5.74) is 1.09. The first-order chi connectivity index (χ1) is 12.1. The number of hydrogen-bond acceptors (Lipinski definition) is 4. The lowest BCUT2D eigenvalue weighted by atomic mass is 10.2. The van der Waals surface area contributed by atoms with Crippen LogP contribution < -0.4 is 10.2 Å². The van der Waals surface area contributed by atoms with Gasteiger partial charge in [-0.25, -0.2) is 8.78 Å². The Morgan fingerprint density at radius 3 is 2.80 bits per heavy atom. The van der Waals surface area contributed by atoms with E-state index in [0.717, 1.165) is 0 Å². The lowest BCUT2D eigenvalue weighted by Gasteiger charge is -2.20. The number of nitrogens with one attached hydrogen (secondary N) is 1. The molecule has 1 aliphatic rings. The van der Waals surface area contributed by atoms with E-state index >= 15 is 0 Å². The molecule has 0 spiro atoms. The van der Waals surface area contributed by atoms with Gasteiger partial charge in [0.1, 0.15) is 23.6 Å². The highest BCUT2D eigenvalue weighted by molar-refractivity contribution is 5.94. The lowest BCUT2D eigenvalue weighted by molar-refractivity contribution is 0.0940. The van der Waals surface area contributed by atoms with E-state index in [1.165, 1.54) is 24.5 Å². The molecule has 1 saturated heterocycles. The smallest absolute Gasteiger partial charge is 0.253 e. The molecule has 1 aliphatic heterocycles. The molecule has 1 aromatic carbocycles. The van der Waals surface area contributed by atoms with Gasteiger partial charge in [-0.15, -0.1) is 10.2 Å². The van der Waals surface area contributed by atoms with Crippen molar-refractivity contribution in [2.75, 3.05) is 18.0 Å². The average molecular weight is 343 g/mol. The van der Waals surface area contributed by atoms with Crippen LogP contribution in [0.2, 0.25) is 0 Å². The number of benzene rings is 1. The highest BCUT2D eigenvalue weighted by Crippen LogP contribution is 2.26. The quantitative estimate of drug-likeness (QED) is 0.790. The first-order valence-corrected chi connectivity index (χ1v) is 7.91. The predicted octanol–water partition coefficient (Wildman–Crippen LogP) is 2.02. The van der Waals surface area contributed by atoms with Crippen molar-refractivity contribution in [2.24, 2.45) is 0 Å². The second-order valence-electron chi connectivity index (χ2n) is 5.99. The van der Waals surface area contributed by atoms with Gasteiger partial charge in [0.15, 0.2) is 5.65 Å². The van der Waals surface area contributed by atoms with Crippen molar-refractivity contribution in [3.8, 4) is 0 Å². The summed E-state index contributed by atoms with van der Waals surface area (Å²) in [5.74, 6) is -1.42. The second-order valence-corrected chi connectivity index (χ2v) is 5.99. The van der Waals surface area contributed by atoms with E-state index < -0.39 is 11.6 Å². The Balaban J connectivity index is 1.46. The van der Waals surface area contributed by atoms with Gasteiger partial charge in [-0.1, -0.05) is 6.07 Å². The summed E-state index contributed by atoms with van der Waals surface area (Å²) in [6, 6.07) is 7.01. The fraction of sp³-hybridized carbons (Fsp3) is 0.235. The van der Waals surface area contributed by atoms with Crippen molar-refractivity contribution in [1.29, 1.82) is 0 Å². The van der Waals surface area contributed by atoms with Gasteiger partial charge >= 0.3 is 0 Å². The van der Waals surface area contributed by atoms with Crippen LogP contribution in [0.4, 0.5) is 14.5 Å². The number of amides is 1. The fourth-order valence-corrected chi connectivity index (χ4v) is 3.10. The number of carbonyl (C=O) groups is 1. The molecule has 3 aromatic rings. The number of halogens is 2. The molecule has 1 unspecified atom stereocenters. The standard InChI is InChI=1S/C17H15F2N5O/c18-13-2-1-3-14(19)16(13)23-7-6-12(9-23)21-17(25)11-4-5-15-22-20-10-24(15)8-11/h1-5,8,10,12H,6-7,9H2,(H,21,25). The van der Waals surface area contributed by atoms with Crippen LogP contribution in [0.25, 0.3) is 5.65 Å². The molecule has 1 atom stereocenters. The monoisotopic (exact) mass is 343 g/mol. The topological polar surface area (TPSA) is 62.5 Å². The third-order valence-corrected chi connectivity index (χ3v) is 4.33. The third kappa shape index (κ3) is 2.90. The summed E-state index contributed by atoms with van der Waals surface area (Å²) < 4.78 is 29.4. The summed E-state index contributed by atoms with van der Waals surface area (Å²) in [5, 5.41) is 10.6. The minimum absolute atomic E-state index is 0.0369. The summed E-state index contributed by atoms with van der Waals surface area (Å²) in [4.78, 5) is 14.0. The van der Waals surface area contributed by atoms with Crippen molar-refractivity contribution < 1.29 is 13.6 Å². The normalized spacial score (nSPS) is 17.2. The van der Waals surface area contributed by atoms with Gasteiger partial charge in [-0.2, -0.15) is 0 Å².